The van der Waals surface area contributed by atoms with Crippen molar-refractivity contribution in [2.24, 2.45) is 0 Å². The summed E-state index contributed by atoms with van der Waals surface area (Å²) >= 11 is 6.99. The second-order valence-electron chi connectivity index (χ2n) is 3.88. The number of hydrogen-bond acceptors (Lipinski definition) is 4. The molecule has 1 heterocycles. The van der Waals surface area contributed by atoms with Crippen LogP contribution in [0, 0.1) is 0 Å². The molecule has 0 aliphatic heterocycles. The Morgan fingerprint density at radius 3 is 2.26 bits per heavy atom. The maximum atomic E-state index is 12.1. The first kappa shape index (κ1) is 14.0. The second kappa shape index (κ2) is 5.32. The zero-order valence-electron chi connectivity index (χ0n) is 9.88. The number of sulfonamides is 1. The lowest BCUT2D eigenvalue weighted by molar-refractivity contribution is 0.104. The molecule has 0 spiro atoms. The largest absolute Gasteiger partial charge is 0.288 e. The van der Waals surface area contributed by atoms with E-state index in [0.717, 1.165) is 6.26 Å². The Kier molecular flexibility index (Phi) is 3.93. The molecule has 100 valence electrons. The third-order valence-electron chi connectivity index (χ3n) is 2.25. The van der Waals surface area contributed by atoms with Crippen LogP contribution in [0.3, 0.4) is 0 Å². The fraction of sp³-hybridized carbons (Fsp3) is 0.0833. The van der Waals surface area contributed by atoms with Crippen LogP contribution in [0.15, 0.2) is 36.4 Å². The van der Waals surface area contributed by atoms with Crippen LogP contribution in [-0.2, 0) is 10.0 Å². The summed E-state index contributed by atoms with van der Waals surface area (Å²) < 4.78 is 25.0. The van der Waals surface area contributed by atoms with Crippen molar-refractivity contribution < 1.29 is 13.2 Å². The van der Waals surface area contributed by atoms with Crippen LogP contribution in [0.5, 0.6) is 0 Å². The molecule has 0 saturated carbocycles. The number of benzene rings is 1. The zero-order valence-corrected chi connectivity index (χ0v) is 12.3. The molecular weight excluding hydrogens is 306 g/mol. The van der Waals surface area contributed by atoms with Crippen LogP contribution in [0.2, 0.25) is 4.34 Å². The molecule has 0 unspecified atom stereocenters. The maximum Gasteiger partial charge on any atom is 0.229 e. The number of thiophene rings is 1. The van der Waals surface area contributed by atoms with E-state index < -0.39 is 10.0 Å². The van der Waals surface area contributed by atoms with Crippen LogP contribution in [0.1, 0.15) is 15.2 Å². The lowest BCUT2D eigenvalue weighted by Gasteiger charge is -2.04. The first-order valence-electron chi connectivity index (χ1n) is 5.23. The van der Waals surface area contributed by atoms with Crippen LogP contribution in [-0.4, -0.2) is 20.5 Å². The maximum absolute atomic E-state index is 12.1. The van der Waals surface area contributed by atoms with Crippen LogP contribution in [0.4, 0.5) is 5.69 Å². The highest BCUT2D eigenvalue weighted by Crippen LogP contribution is 2.24. The third kappa shape index (κ3) is 3.79. The summed E-state index contributed by atoms with van der Waals surface area (Å²) in [7, 11) is -3.31. The van der Waals surface area contributed by atoms with Crippen molar-refractivity contribution in [3.63, 3.8) is 0 Å². The van der Waals surface area contributed by atoms with Gasteiger partial charge in [-0.1, -0.05) is 11.6 Å². The summed E-state index contributed by atoms with van der Waals surface area (Å²) in [6, 6.07) is 9.57. The Balaban J connectivity index is 2.21. The fourth-order valence-electron chi connectivity index (χ4n) is 1.48. The lowest BCUT2D eigenvalue weighted by atomic mass is 10.1. The van der Waals surface area contributed by atoms with E-state index in [4.69, 9.17) is 11.6 Å². The number of nitrogens with one attached hydrogen (secondary N) is 1. The van der Waals surface area contributed by atoms with Gasteiger partial charge in [0.25, 0.3) is 0 Å². The molecule has 0 fully saturated rings. The third-order valence-corrected chi connectivity index (χ3v) is 4.08. The second-order valence-corrected chi connectivity index (χ2v) is 7.35. The van der Waals surface area contributed by atoms with E-state index in [1.54, 1.807) is 36.4 Å². The van der Waals surface area contributed by atoms with E-state index in [2.05, 4.69) is 4.72 Å². The average molecular weight is 316 g/mol. The summed E-state index contributed by atoms with van der Waals surface area (Å²) in [5.74, 6) is -0.136. The van der Waals surface area contributed by atoms with Crippen molar-refractivity contribution in [1.82, 2.24) is 0 Å². The molecule has 2 aromatic rings. The van der Waals surface area contributed by atoms with Gasteiger partial charge in [0.2, 0.25) is 15.8 Å². The van der Waals surface area contributed by atoms with Gasteiger partial charge in [-0.2, -0.15) is 0 Å². The predicted octanol–water partition coefficient (Wildman–Crippen LogP) is 3.00. The first-order chi connectivity index (χ1) is 8.85. The van der Waals surface area contributed by atoms with Gasteiger partial charge in [0.1, 0.15) is 0 Å². The summed E-state index contributed by atoms with van der Waals surface area (Å²) in [6.45, 7) is 0. The summed E-state index contributed by atoms with van der Waals surface area (Å²) in [5, 5.41) is 0. The smallest absolute Gasteiger partial charge is 0.229 e. The molecule has 0 bridgehead atoms. The quantitative estimate of drug-likeness (QED) is 0.882. The van der Waals surface area contributed by atoms with E-state index in [0.29, 0.717) is 20.5 Å². The average Bonchev–Trinajstić information content (AvgIpc) is 2.74. The first-order valence-corrected chi connectivity index (χ1v) is 8.31. The minimum absolute atomic E-state index is 0.136. The standard InChI is InChI=1S/C12H10ClNO3S2/c1-19(16,17)14-9-4-2-8(3-5-9)12(15)10-6-7-11(13)18-10/h2-7,14H,1H3. The van der Waals surface area contributed by atoms with Crippen molar-refractivity contribution in [1.29, 1.82) is 0 Å². The molecule has 0 amide bonds. The molecule has 0 aliphatic rings. The molecule has 1 N–H and O–H groups in total. The molecule has 0 radical (unpaired) electrons. The molecule has 4 nitrogen and oxygen atoms in total. The van der Waals surface area contributed by atoms with Crippen LogP contribution in [0.25, 0.3) is 0 Å². The van der Waals surface area contributed by atoms with Gasteiger partial charge in [-0.25, -0.2) is 8.42 Å². The number of anilines is 1. The number of carbonyl (C=O) groups excluding carboxylic acids is 1. The highest BCUT2D eigenvalue weighted by atomic mass is 35.5. The van der Waals surface area contributed by atoms with Gasteiger partial charge in [-0.3, -0.25) is 9.52 Å². The van der Waals surface area contributed by atoms with Crippen molar-refractivity contribution in [2.75, 3.05) is 11.0 Å². The Labute approximate surface area is 120 Å². The molecule has 19 heavy (non-hydrogen) atoms. The Bertz CT molecular complexity index is 705. The lowest BCUT2D eigenvalue weighted by Crippen LogP contribution is -2.09. The van der Waals surface area contributed by atoms with Crippen LogP contribution >= 0.6 is 22.9 Å². The van der Waals surface area contributed by atoms with Gasteiger partial charge < -0.3 is 0 Å². The van der Waals surface area contributed by atoms with Crippen molar-refractivity contribution in [2.45, 2.75) is 0 Å². The van der Waals surface area contributed by atoms with Gasteiger partial charge in [0, 0.05) is 11.3 Å². The fourth-order valence-corrected chi connectivity index (χ4v) is 3.05. The highest BCUT2D eigenvalue weighted by molar-refractivity contribution is 7.92. The topological polar surface area (TPSA) is 63.2 Å². The van der Waals surface area contributed by atoms with E-state index >= 15 is 0 Å². The van der Waals surface area contributed by atoms with Gasteiger partial charge in [-0.05, 0) is 36.4 Å². The van der Waals surface area contributed by atoms with Crippen molar-refractivity contribution >= 4 is 44.4 Å². The summed E-state index contributed by atoms with van der Waals surface area (Å²) in [6.07, 6.45) is 1.07. The Hall–Kier alpha value is -1.37. The van der Waals surface area contributed by atoms with E-state index in [1.807, 2.05) is 0 Å². The normalized spacial score (nSPS) is 11.3. The minimum Gasteiger partial charge on any atom is -0.288 e. The molecule has 0 atom stereocenters. The van der Waals surface area contributed by atoms with Crippen molar-refractivity contribution in [3.05, 3.63) is 51.2 Å². The van der Waals surface area contributed by atoms with E-state index in [1.165, 1.54) is 11.3 Å². The van der Waals surface area contributed by atoms with Crippen molar-refractivity contribution in [3.8, 4) is 0 Å². The van der Waals surface area contributed by atoms with E-state index in [-0.39, 0.29) is 5.78 Å². The van der Waals surface area contributed by atoms with Gasteiger partial charge in [0.15, 0.2) is 0 Å². The zero-order chi connectivity index (χ0) is 14.0. The predicted molar refractivity (Wildman–Crippen MR) is 77.7 cm³/mol. The Morgan fingerprint density at radius 1 is 1.16 bits per heavy atom. The number of halogens is 1. The molecule has 1 aromatic carbocycles. The number of hydrogen-bond donors (Lipinski definition) is 1. The molecule has 1 aromatic heterocycles. The molecule has 0 saturated heterocycles. The van der Waals surface area contributed by atoms with Gasteiger partial charge >= 0.3 is 0 Å². The Morgan fingerprint density at radius 2 is 1.79 bits per heavy atom. The molecule has 2 rings (SSSR count). The van der Waals surface area contributed by atoms with Crippen LogP contribution < -0.4 is 4.72 Å². The highest BCUT2D eigenvalue weighted by Gasteiger charge is 2.11. The number of rotatable bonds is 4. The van der Waals surface area contributed by atoms with Gasteiger partial charge in [-0.15, -0.1) is 11.3 Å². The van der Waals surface area contributed by atoms with E-state index in [9.17, 15) is 13.2 Å². The molecule has 7 heteroatoms. The minimum atomic E-state index is -3.31. The number of ketones is 1. The molecular formula is C12H10ClNO3S2. The SMILES string of the molecule is CS(=O)(=O)Nc1ccc(C(=O)c2ccc(Cl)s2)cc1. The number of carbonyl (C=O) groups is 1. The summed E-state index contributed by atoms with van der Waals surface area (Å²) in [5.41, 5.74) is 0.904. The van der Waals surface area contributed by atoms with Gasteiger partial charge in [0.05, 0.1) is 15.5 Å². The molecule has 0 aliphatic carbocycles. The monoisotopic (exact) mass is 315 g/mol. The summed E-state index contributed by atoms with van der Waals surface area (Å²) in [4.78, 5) is 12.6.